The summed E-state index contributed by atoms with van der Waals surface area (Å²) in [4.78, 5) is 4.97. The first kappa shape index (κ1) is 35.2. The van der Waals surface area contributed by atoms with E-state index in [0.29, 0.717) is 5.03 Å². The van der Waals surface area contributed by atoms with Crippen LogP contribution in [0.2, 0.25) is 0 Å². The van der Waals surface area contributed by atoms with Crippen molar-refractivity contribution in [2.75, 3.05) is 22.9 Å². The molecule has 0 N–H and O–H groups in total. The monoisotopic (exact) mass is 704 g/mol. The molecule has 1 unspecified atom stereocenters. The highest BCUT2D eigenvalue weighted by molar-refractivity contribution is 7.92. The number of rotatable bonds is 6. The molecule has 5 heteroatoms. The topological polar surface area (TPSA) is 6.48 Å². The van der Waals surface area contributed by atoms with Crippen molar-refractivity contribution in [2.24, 2.45) is 0 Å². The lowest BCUT2D eigenvalue weighted by molar-refractivity contribution is 1.00. The van der Waals surface area contributed by atoms with Crippen LogP contribution in [0.4, 0.5) is 11.4 Å². The van der Waals surface area contributed by atoms with E-state index >= 15 is 0 Å². The van der Waals surface area contributed by atoms with Crippen LogP contribution in [-0.2, 0) is 0 Å². The van der Waals surface area contributed by atoms with Gasteiger partial charge in [-0.05, 0) is 95.1 Å². The molecule has 1 fully saturated rings. The minimum atomic E-state index is -2.35. The minimum Gasteiger partial charge on any atom is -0.325 e. The van der Waals surface area contributed by atoms with Crippen LogP contribution < -0.4 is 20.4 Å². The van der Waals surface area contributed by atoms with Crippen molar-refractivity contribution < 1.29 is 0 Å². The van der Waals surface area contributed by atoms with Gasteiger partial charge in [-0.2, -0.15) is 0 Å². The fraction of sp³-hybridized carbons (Fsp3) is 0.250. The summed E-state index contributed by atoms with van der Waals surface area (Å²) in [5.41, 5.74) is 12.3. The standard InChI is InChI=1S/C44H47Cl2N2P/c1-29(2)21-24-49(36-15-11-9-12-16-36,37-17-13-10-14-18-37)39-20-19-38(40(45)41(39)46)44-47(42-32(5)25-30(3)26-33(42)6)22-23-48(44)43-34(7)27-31(4)28-35(43)8/h9-21,24-28,40H,22-23H2,1-8H3. The quantitative estimate of drug-likeness (QED) is 0.146. The number of anilines is 2. The summed E-state index contributed by atoms with van der Waals surface area (Å²) in [5, 5.41) is 3.74. The van der Waals surface area contributed by atoms with Gasteiger partial charge in [0.25, 0.3) is 0 Å². The van der Waals surface area contributed by atoms with Crippen molar-refractivity contribution >= 4 is 57.9 Å². The molecule has 0 amide bonds. The normalized spacial score (nSPS) is 16.5. The molecule has 0 bridgehead atoms. The Balaban J connectivity index is 1.63. The van der Waals surface area contributed by atoms with Crippen molar-refractivity contribution in [3.8, 4) is 0 Å². The molecule has 0 spiro atoms. The second-order valence-electron chi connectivity index (χ2n) is 13.8. The molecule has 1 saturated heterocycles. The predicted octanol–water partition coefficient (Wildman–Crippen LogP) is 11.1. The number of allylic oxidation sites excluding steroid dienone is 7. The van der Waals surface area contributed by atoms with E-state index in [0.717, 1.165) is 29.8 Å². The molecule has 0 saturated carbocycles. The number of nitrogens with zero attached hydrogens (tertiary/aromatic N) is 2. The SMILES string of the molecule is CC(C)=CC=P(C1=C(Cl)C(Cl)C(=C2N(c3c(C)cc(C)cc3C)CCN2c2c(C)cc(C)cc2C)C=C1)(c1ccccc1)c1ccccc1. The first-order valence-electron chi connectivity index (χ1n) is 17.1. The van der Waals surface area contributed by atoms with Gasteiger partial charge in [-0.3, -0.25) is 0 Å². The van der Waals surface area contributed by atoms with E-state index in [-0.39, 0.29) is 0 Å². The Kier molecular flexibility index (Phi) is 10.2. The number of hydrogen-bond donors (Lipinski definition) is 0. The lowest BCUT2D eigenvalue weighted by Crippen LogP contribution is -2.30. The van der Waals surface area contributed by atoms with E-state index in [2.05, 4.69) is 174 Å². The predicted molar refractivity (Wildman–Crippen MR) is 219 cm³/mol. The van der Waals surface area contributed by atoms with E-state index in [1.807, 2.05) is 0 Å². The van der Waals surface area contributed by atoms with Gasteiger partial charge in [-0.1, -0.05) is 137 Å². The molecule has 2 aliphatic rings. The third-order valence-electron chi connectivity index (χ3n) is 9.63. The van der Waals surface area contributed by atoms with Crippen LogP contribution in [-0.4, -0.2) is 24.3 Å². The smallest absolute Gasteiger partial charge is 0.118 e. The maximum absolute atomic E-state index is 7.70. The highest BCUT2D eigenvalue weighted by atomic mass is 35.5. The Morgan fingerprint density at radius 3 is 1.51 bits per heavy atom. The summed E-state index contributed by atoms with van der Waals surface area (Å²) in [6, 6.07) is 30.8. The van der Waals surface area contributed by atoms with Crippen molar-refractivity contribution in [1.29, 1.82) is 0 Å². The van der Waals surface area contributed by atoms with Crippen molar-refractivity contribution in [3.63, 3.8) is 0 Å². The summed E-state index contributed by atoms with van der Waals surface area (Å²) in [6.07, 6.45) is 6.78. The van der Waals surface area contributed by atoms with E-state index in [9.17, 15) is 0 Å². The van der Waals surface area contributed by atoms with Crippen molar-refractivity contribution in [2.45, 2.75) is 60.8 Å². The van der Waals surface area contributed by atoms with Crippen molar-refractivity contribution in [1.82, 2.24) is 0 Å². The Labute approximate surface area is 304 Å². The zero-order valence-electron chi connectivity index (χ0n) is 30.0. The Bertz CT molecular complexity index is 1920. The van der Waals surface area contributed by atoms with Gasteiger partial charge in [0.1, 0.15) is 5.82 Å². The molecule has 2 nitrogen and oxygen atoms in total. The largest absolute Gasteiger partial charge is 0.325 e. The van der Waals surface area contributed by atoms with Gasteiger partial charge >= 0.3 is 0 Å². The van der Waals surface area contributed by atoms with E-state index in [1.54, 1.807) is 0 Å². The van der Waals surface area contributed by atoms with Crippen LogP contribution in [0.5, 0.6) is 0 Å². The minimum absolute atomic E-state index is 0.538. The van der Waals surface area contributed by atoms with E-state index in [4.69, 9.17) is 23.2 Å². The van der Waals surface area contributed by atoms with Gasteiger partial charge in [0.2, 0.25) is 0 Å². The Morgan fingerprint density at radius 2 is 1.10 bits per heavy atom. The van der Waals surface area contributed by atoms with Crippen LogP contribution in [0.25, 0.3) is 0 Å². The third-order valence-corrected chi connectivity index (χ3v) is 14.7. The zero-order chi connectivity index (χ0) is 35.0. The van der Waals surface area contributed by atoms with Gasteiger partial charge in [0.15, 0.2) is 0 Å². The molecule has 6 rings (SSSR count). The summed E-state index contributed by atoms with van der Waals surface area (Å²) in [6.45, 7) is 16.9. The Morgan fingerprint density at radius 1 is 0.673 bits per heavy atom. The fourth-order valence-corrected chi connectivity index (χ4v) is 12.7. The summed E-state index contributed by atoms with van der Waals surface area (Å²) >= 11 is 15.4. The van der Waals surface area contributed by atoms with Crippen molar-refractivity contribution in [3.05, 3.63) is 164 Å². The molecule has 1 aliphatic carbocycles. The van der Waals surface area contributed by atoms with Gasteiger partial charge in [0.05, 0.1) is 5.38 Å². The molecular weight excluding hydrogens is 658 g/mol. The lowest BCUT2D eigenvalue weighted by Gasteiger charge is -2.36. The summed E-state index contributed by atoms with van der Waals surface area (Å²) in [7, 11) is 0. The molecule has 4 aromatic carbocycles. The average Bonchev–Trinajstić information content (AvgIpc) is 3.46. The highest BCUT2D eigenvalue weighted by Crippen LogP contribution is 2.58. The third kappa shape index (κ3) is 6.52. The number of halogens is 2. The lowest BCUT2D eigenvalue weighted by atomic mass is 10.0. The van der Waals surface area contributed by atoms with Gasteiger partial charge in [-0.25, -0.2) is 0 Å². The van der Waals surface area contributed by atoms with Crippen LogP contribution >= 0.6 is 30.1 Å². The zero-order valence-corrected chi connectivity index (χ0v) is 32.4. The van der Waals surface area contributed by atoms with E-state index < -0.39 is 12.3 Å². The molecule has 1 atom stereocenters. The molecule has 1 aliphatic heterocycles. The summed E-state index contributed by atoms with van der Waals surface area (Å²) < 4.78 is 0. The summed E-state index contributed by atoms with van der Waals surface area (Å²) in [5.74, 6) is 3.51. The van der Waals surface area contributed by atoms with Gasteiger partial charge < -0.3 is 9.80 Å². The number of aryl methyl sites for hydroxylation is 6. The fourth-order valence-electron chi connectivity index (χ4n) is 7.84. The number of benzene rings is 4. The second-order valence-corrected chi connectivity index (χ2v) is 17.9. The first-order valence-corrected chi connectivity index (χ1v) is 19.8. The van der Waals surface area contributed by atoms with Crippen LogP contribution in [0, 0.1) is 41.5 Å². The van der Waals surface area contributed by atoms with Crippen LogP contribution in [0.15, 0.2) is 130 Å². The molecule has 1 heterocycles. The molecule has 252 valence electrons. The highest BCUT2D eigenvalue weighted by Gasteiger charge is 2.38. The maximum atomic E-state index is 7.70. The second kappa shape index (κ2) is 14.3. The molecule has 49 heavy (non-hydrogen) atoms. The molecular formula is C44H47Cl2N2P. The number of alkyl halides is 1. The van der Waals surface area contributed by atoms with E-state index in [1.165, 1.54) is 60.9 Å². The molecule has 0 radical (unpaired) electrons. The molecule has 0 aromatic heterocycles. The van der Waals surface area contributed by atoms with Crippen LogP contribution in [0.1, 0.15) is 47.2 Å². The Hall–Kier alpha value is -3.68. The van der Waals surface area contributed by atoms with Gasteiger partial charge in [0, 0.05) is 40.4 Å². The van der Waals surface area contributed by atoms with Crippen LogP contribution in [0.3, 0.4) is 0 Å². The maximum Gasteiger partial charge on any atom is 0.118 e. The molecule has 4 aromatic rings. The average molecular weight is 706 g/mol. The van der Waals surface area contributed by atoms with Gasteiger partial charge in [-0.15, -0.1) is 11.6 Å². The first-order chi connectivity index (χ1) is 23.4. The number of hydrogen-bond acceptors (Lipinski definition) is 2.